The van der Waals surface area contributed by atoms with Crippen molar-refractivity contribution in [2.75, 3.05) is 62.0 Å². The SMILES string of the molecule is C[S@@](=O)CCOc1ccc(N2CCN(CCn3c(=O)sc4c3nc(N)n3nc(-c5ccco5)cc43)CC2)c(F)c1. The second kappa shape index (κ2) is 11.0. The first-order chi connectivity index (χ1) is 19.4. The van der Waals surface area contributed by atoms with E-state index in [0.717, 1.165) is 29.1 Å². The van der Waals surface area contributed by atoms with Gasteiger partial charge in [-0.1, -0.05) is 11.3 Å². The quantitative estimate of drug-likeness (QED) is 0.278. The van der Waals surface area contributed by atoms with Crippen molar-refractivity contribution in [3.8, 4) is 17.2 Å². The predicted octanol–water partition coefficient (Wildman–Crippen LogP) is 2.67. The van der Waals surface area contributed by atoms with Gasteiger partial charge in [0.2, 0.25) is 5.95 Å². The molecule has 0 bridgehead atoms. The summed E-state index contributed by atoms with van der Waals surface area (Å²) in [5.74, 6) is 1.29. The van der Waals surface area contributed by atoms with Crippen LogP contribution in [0.4, 0.5) is 16.0 Å². The number of nitrogens with zero attached hydrogens (tertiary/aromatic N) is 6. The lowest BCUT2D eigenvalue weighted by atomic mass is 10.2. The Hall–Kier alpha value is -3.75. The predicted molar refractivity (Wildman–Crippen MR) is 154 cm³/mol. The van der Waals surface area contributed by atoms with E-state index < -0.39 is 10.8 Å². The molecule has 5 aromatic rings. The van der Waals surface area contributed by atoms with Gasteiger partial charge < -0.3 is 19.8 Å². The van der Waals surface area contributed by atoms with E-state index in [1.165, 1.54) is 10.6 Å². The molecule has 1 aromatic carbocycles. The molecular weight excluding hydrogens is 557 g/mol. The minimum atomic E-state index is -0.954. The highest BCUT2D eigenvalue weighted by molar-refractivity contribution is 7.84. The third-order valence-corrected chi connectivity index (χ3v) is 8.67. The van der Waals surface area contributed by atoms with Crippen LogP contribution in [0.25, 0.3) is 27.3 Å². The van der Waals surface area contributed by atoms with Crippen LogP contribution >= 0.6 is 11.3 Å². The van der Waals surface area contributed by atoms with E-state index in [2.05, 4.69) is 15.0 Å². The number of rotatable bonds is 9. The third-order valence-electron chi connectivity index (χ3n) is 6.93. The molecule has 0 spiro atoms. The van der Waals surface area contributed by atoms with Crippen LogP contribution in [0.15, 0.2) is 51.9 Å². The van der Waals surface area contributed by atoms with Crippen LogP contribution < -0.4 is 20.2 Å². The summed E-state index contributed by atoms with van der Waals surface area (Å²) < 4.78 is 40.9. The van der Waals surface area contributed by atoms with Crippen molar-refractivity contribution in [3.63, 3.8) is 0 Å². The summed E-state index contributed by atoms with van der Waals surface area (Å²) in [6, 6.07) is 10.3. The number of benzene rings is 1. The summed E-state index contributed by atoms with van der Waals surface area (Å²) in [5.41, 5.74) is 8.61. The van der Waals surface area contributed by atoms with Crippen molar-refractivity contribution in [3.05, 3.63) is 58.1 Å². The highest BCUT2D eigenvalue weighted by atomic mass is 32.2. The summed E-state index contributed by atoms with van der Waals surface area (Å²) in [6.07, 6.45) is 3.19. The third kappa shape index (κ3) is 5.21. The first kappa shape index (κ1) is 26.5. The molecule has 1 saturated heterocycles. The molecule has 1 atom stereocenters. The van der Waals surface area contributed by atoms with Gasteiger partial charge >= 0.3 is 4.87 Å². The lowest BCUT2D eigenvalue weighted by molar-refractivity contribution is 0.248. The molecular formula is C26H28FN7O4S2. The molecule has 4 aromatic heterocycles. The van der Waals surface area contributed by atoms with Gasteiger partial charge in [-0.15, -0.1) is 0 Å². The molecule has 1 aliphatic heterocycles. The van der Waals surface area contributed by atoms with E-state index in [-0.39, 0.29) is 23.2 Å². The first-order valence-corrected chi connectivity index (χ1v) is 15.3. The van der Waals surface area contributed by atoms with Crippen molar-refractivity contribution in [1.29, 1.82) is 0 Å². The number of anilines is 2. The Balaban J connectivity index is 1.11. The van der Waals surface area contributed by atoms with Crippen LogP contribution in [-0.4, -0.2) is 79.6 Å². The van der Waals surface area contributed by atoms with E-state index in [9.17, 15) is 13.4 Å². The number of ether oxygens (including phenoxy) is 1. The highest BCUT2D eigenvalue weighted by Gasteiger charge is 2.22. The molecule has 0 aliphatic carbocycles. The van der Waals surface area contributed by atoms with Gasteiger partial charge in [-0.2, -0.15) is 14.6 Å². The van der Waals surface area contributed by atoms with Gasteiger partial charge in [0.05, 0.1) is 29.8 Å². The van der Waals surface area contributed by atoms with Gasteiger partial charge in [0.25, 0.3) is 0 Å². The fraction of sp³-hybridized carbons (Fsp3) is 0.346. The molecule has 6 rings (SSSR count). The number of nitrogen functional groups attached to an aromatic ring is 1. The topological polar surface area (TPSA) is 124 Å². The Labute approximate surface area is 235 Å². The number of hydrogen-bond acceptors (Lipinski definition) is 10. The molecule has 0 radical (unpaired) electrons. The summed E-state index contributed by atoms with van der Waals surface area (Å²) in [4.78, 5) is 21.6. The largest absolute Gasteiger partial charge is 0.493 e. The van der Waals surface area contributed by atoms with Crippen molar-refractivity contribution >= 4 is 49.6 Å². The number of fused-ring (bicyclic) bond motifs is 3. The number of hydrogen-bond donors (Lipinski definition) is 1. The molecule has 5 heterocycles. The zero-order valence-electron chi connectivity index (χ0n) is 21.8. The average Bonchev–Trinajstić information content (AvgIpc) is 3.67. The van der Waals surface area contributed by atoms with Gasteiger partial charge in [0.15, 0.2) is 11.4 Å². The Kier molecular flexibility index (Phi) is 7.29. The number of furan rings is 1. The molecule has 0 amide bonds. The Bertz CT molecular complexity index is 1740. The summed E-state index contributed by atoms with van der Waals surface area (Å²) in [6.45, 7) is 4.16. The second-order valence-electron chi connectivity index (χ2n) is 9.51. The van der Waals surface area contributed by atoms with Crippen LogP contribution in [-0.2, 0) is 17.3 Å². The monoisotopic (exact) mass is 585 g/mol. The van der Waals surface area contributed by atoms with E-state index in [1.807, 2.05) is 17.0 Å². The number of halogens is 1. The fourth-order valence-corrected chi connectivity index (χ4v) is 6.13. The van der Waals surface area contributed by atoms with Crippen molar-refractivity contribution in [1.82, 2.24) is 24.1 Å². The molecule has 0 unspecified atom stereocenters. The van der Waals surface area contributed by atoms with E-state index in [4.69, 9.17) is 14.9 Å². The molecule has 210 valence electrons. The molecule has 0 saturated carbocycles. The molecule has 1 fully saturated rings. The van der Waals surface area contributed by atoms with E-state index in [1.54, 1.807) is 35.3 Å². The van der Waals surface area contributed by atoms with Crippen molar-refractivity contribution in [2.45, 2.75) is 6.54 Å². The maximum atomic E-state index is 14.8. The highest BCUT2D eigenvalue weighted by Crippen LogP contribution is 2.29. The normalized spacial score (nSPS) is 15.3. The van der Waals surface area contributed by atoms with Gasteiger partial charge in [0.1, 0.15) is 22.0 Å². The minimum Gasteiger partial charge on any atom is -0.493 e. The van der Waals surface area contributed by atoms with Gasteiger partial charge in [0, 0.05) is 62.4 Å². The summed E-state index contributed by atoms with van der Waals surface area (Å²) in [5, 5.41) is 4.50. The number of nitrogens with two attached hydrogens (primary N) is 1. The van der Waals surface area contributed by atoms with Crippen molar-refractivity contribution < 1.29 is 17.8 Å². The minimum absolute atomic E-state index is 0.107. The van der Waals surface area contributed by atoms with Gasteiger partial charge in [-0.25, -0.2) is 4.39 Å². The van der Waals surface area contributed by atoms with Crippen LogP contribution in [0.5, 0.6) is 5.75 Å². The zero-order valence-corrected chi connectivity index (χ0v) is 23.4. The van der Waals surface area contributed by atoms with Gasteiger partial charge in [-0.3, -0.25) is 18.5 Å². The van der Waals surface area contributed by atoms with Crippen molar-refractivity contribution in [2.24, 2.45) is 0 Å². The molecule has 40 heavy (non-hydrogen) atoms. The zero-order chi connectivity index (χ0) is 27.8. The molecule has 1 aliphatic rings. The van der Waals surface area contributed by atoms with Crippen LogP contribution in [0.2, 0.25) is 0 Å². The maximum absolute atomic E-state index is 14.8. The van der Waals surface area contributed by atoms with E-state index >= 15 is 0 Å². The Morgan fingerprint density at radius 3 is 2.73 bits per heavy atom. The van der Waals surface area contributed by atoms with Crippen LogP contribution in [0.1, 0.15) is 0 Å². The Morgan fingerprint density at radius 2 is 2.00 bits per heavy atom. The van der Waals surface area contributed by atoms with E-state index in [0.29, 0.717) is 66.0 Å². The molecule has 14 heteroatoms. The number of piperazine rings is 1. The van der Waals surface area contributed by atoms with Crippen LogP contribution in [0, 0.1) is 5.82 Å². The molecule has 2 N–H and O–H groups in total. The second-order valence-corrected chi connectivity index (χ2v) is 12.0. The number of aromatic nitrogens is 4. The number of thiazole rings is 1. The fourth-order valence-electron chi connectivity index (χ4n) is 4.85. The lowest BCUT2D eigenvalue weighted by Crippen LogP contribution is -2.47. The maximum Gasteiger partial charge on any atom is 0.309 e. The smallest absolute Gasteiger partial charge is 0.309 e. The summed E-state index contributed by atoms with van der Waals surface area (Å²) >= 11 is 1.12. The van der Waals surface area contributed by atoms with Gasteiger partial charge in [-0.05, 0) is 30.3 Å². The summed E-state index contributed by atoms with van der Waals surface area (Å²) in [7, 11) is -0.954. The Morgan fingerprint density at radius 1 is 1.18 bits per heavy atom. The average molecular weight is 586 g/mol. The lowest BCUT2D eigenvalue weighted by Gasteiger charge is -2.36. The van der Waals surface area contributed by atoms with Crippen LogP contribution in [0.3, 0.4) is 0 Å². The first-order valence-electron chi connectivity index (χ1n) is 12.8. The standard InChI is InChI=1S/C26H28FN7O4S2/c1-40(36)14-13-37-17-4-5-20(18(27)15-17)32-9-6-31(7-10-32)8-11-33-24-23(39-26(33)35)21-16-19(22-3-2-12-38-22)30-34(21)25(28)29-24/h2-5,12,15-16H,6-11,13-14H2,1H3,(H2,28,29)/t40-/m1/s1. The molecule has 11 nitrogen and oxygen atoms in total.